The molecular formula is C16H30N4O8. The molecule has 0 rings (SSSR count). The van der Waals surface area contributed by atoms with Gasteiger partial charge in [-0.2, -0.15) is 0 Å². The maximum absolute atomic E-state index is 12.4. The molecule has 0 spiro atoms. The van der Waals surface area contributed by atoms with Crippen LogP contribution >= 0.6 is 0 Å². The number of aliphatic hydroxyl groups excluding tert-OH is 3. The fraction of sp³-hybridized carbons (Fsp3) is 0.750. The molecule has 0 aromatic heterocycles. The second-order valence-corrected chi connectivity index (χ2v) is 6.79. The number of aliphatic carboxylic acids is 1. The zero-order valence-corrected chi connectivity index (χ0v) is 16.1. The fourth-order valence-corrected chi connectivity index (χ4v) is 2.17. The third kappa shape index (κ3) is 8.61. The van der Waals surface area contributed by atoms with Gasteiger partial charge < -0.3 is 42.1 Å². The number of aliphatic hydroxyl groups is 3. The molecule has 0 aromatic carbocycles. The molecule has 0 aliphatic carbocycles. The molecule has 0 saturated heterocycles. The van der Waals surface area contributed by atoms with Crippen LogP contribution in [-0.2, 0) is 19.2 Å². The maximum Gasteiger partial charge on any atom is 0.328 e. The summed E-state index contributed by atoms with van der Waals surface area (Å²) in [5.41, 5.74) is 5.33. The third-order valence-corrected chi connectivity index (χ3v) is 3.74. The van der Waals surface area contributed by atoms with E-state index in [9.17, 15) is 29.4 Å². The van der Waals surface area contributed by atoms with E-state index in [4.69, 9.17) is 15.9 Å². The number of carboxylic acids is 1. The number of hydrogen-bond donors (Lipinski definition) is 8. The lowest BCUT2D eigenvalue weighted by atomic mass is 10.0. The Bertz CT molecular complexity index is 555. The topological polar surface area (TPSA) is 211 Å². The van der Waals surface area contributed by atoms with E-state index in [1.54, 1.807) is 13.8 Å². The van der Waals surface area contributed by atoms with E-state index < -0.39 is 67.2 Å². The Labute approximate surface area is 162 Å². The van der Waals surface area contributed by atoms with E-state index in [0.29, 0.717) is 0 Å². The first-order valence-corrected chi connectivity index (χ1v) is 8.73. The summed E-state index contributed by atoms with van der Waals surface area (Å²) in [4.78, 5) is 47.6. The lowest BCUT2D eigenvalue weighted by Gasteiger charge is -2.26. The van der Waals surface area contributed by atoms with Gasteiger partial charge in [-0.15, -0.1) is 0 Å². The number of carbonyl (C=O) groups excluding carboxylic acids is 3. The molecule has 0 bridgehead atoms. The van der Waals surface area contributed by atoms with Crippen LogP contribution in [-0.4, -0.2) is 87.6 Å². The van der Waals surface area contributed by atoms with Crippen LogP contribution in [0.25, 0.3) is 0 Å². The van der Waals surface area contributed by atoms with Gasteiger partial charge in [-0.25, -0.2) is 4.79 Å². The van der Waals surface area contributed by atoms with Crippen LogP contribution in [0.4, 0.5) is 0 Å². The van der Waals surface area contributed by atoms with Crippen LogP contribution in [0.5, 0.6) is 0 Å². The molecule has 12 nitrogen and oxygen atoms in total. The van der Waals surface area contributed by atoms with Gasteiger partial charge >= 0.3 is 5.97 Å². The number of hydrogen-bond acceptors (Lipinski definition) is 8. The normalized spacial score (nSPS) is 16.4. The fourth-order valence-electron chi connectivity index (χ4n) is 2.17. The molecule has 5 unspecified atom stereocenters. The number of nitrogens with two attached hydrogens (primary N) is 1. The van der Waals surface area contributed by atoms with Crippen LogP contribution in [0.1, 0.15) is 27.2 Å². The highest BCUT2D eigenvalue weighted by atomic mass is 16.4. The summed E-state index contributed by atoms with van der Waals surface area (Å²) in [6.45, 7) is 3.26. The van der Waals surface area contributed by atoms with Crippen LogP contribution < -0.4 is 21.7 Å². The predicted octanol–water partition coefficient (Wildman–Crippen LogP) is -3.74. The van der Waals surface area contributed by atoms with Gasteiger partial charge in [0.05, 0.1) is 19.3 Å². The van der Waals surface area contributed by atoms with Crippen LogP contribution in [0.15, 0.2) is 0 Å². The van der Waals surface area contributed by atoms with Crippen molar-refractivity contribution in [2.45, 2.75) is 57.5 Å². The van der Waals surface area contributed by atoms with E-state index in [1.807, 2.05) is 0 Å². The van der Waals surface area contributed by atoms with Crippen LogP contribution in [0.3, 0.4) is 0 Å². The molecule has 0 aromatic rings. The second kappa shape index (κ2) is 12.2. The number of carboxylic acid groups (broad SMARTS) is 1. The Morgan fingerprint density at radius 2 is 1.36 bits per heavy atom. The Kier molecular flexibility index (Phi) is 11.2. The summed E-state index contributed by atoms with van der Waals surface area (Å²) in [5.74, 6) is -4.13. The van der Waals surface area contributed by atoms with Crippen molar-refractivity contribution in [1.82, 2.24) is 16.0 Å². The summed E-state index contributed by atoms with van der Waals surface area (Å²) in [6.07, 6.45) is -1.24. The molecule has 162 valence electrons. The first kappa shape index (κ1) is 25.7. The van der Waals surface area contributed by atoms with Gasteiger partial charge in [-0.1, -0.05) is 13.8 Å². The van der Waals surface area contributed by atoms with Crippen molar-refractivity contribution in [2.24, 2.45) is 11.7 Å². The van der Waals surface area contributed by atoms with Gasteiger partial charge in [0, 0.05) is 0 Å². The summed E-state index contributed by atoms with van der Waals surface area (Å²) in [5, 5.41) is 43.4. The SMILES string of the molecule is CC(C)CC(NC(=O)C(CO)NC(=O)C(N)CO)C(=O)NC(C(=O)O)C(C)O. The second-order valence-electron chi connectivity index (χ2n) is 6.79. The van der Waals surface area contributed by atoms with Crippen molar-refractivity contribution >= 4 is 23.7 Å². The number of carbonyl (C=O) groups is 4. The first-order valence-electron chi connectivity index (χ1n) is 8.73. The van der Waals surface area contributed by atoms with E-state index in [1.165, 1.54) is 6.92 Å². The Morgan fingerprint density at radius 1 is 0.857 bits per heavy atom. The summed E-state index contributed by atoms with van der Waals surface area (Å²) in [6, 6.07) is -5.47. The molecule has 0 aliphatic rings. The van der Waals surface area contributed by atoms with Gasteiger partial charge in [-0.05, 0) is 19.3 Å². The molecule has 9 N–H and O–H groups in total. The zero-order chi connectivity index (χ0) is 22.0. The van der Waals surface area contributed by atoms with Crippen LogP contribution in [0, 0.1) is 5.92 Å². The van der Waals surface area contributed by atoms with Gasteiger partial charge in [0.25, 0.3) is 0 Å². The first-order chi connectivity index (χ1) is 12.9. The zero-order valence-electron chi connectivity index (χ0n) is 16.1. The van der Waals surface area contributed by atoms with Crippen LogP contribution in [0.2, 0.25) is 0 Å². The molecule has 3 amide bonds. The van der Waals surface area contributed by atoms with Crippen molar-refractivity contribution in [3.63, 3.8) is 0 Å². The maximum atomic E-state index is 12.4. The molecule has 0 heterocycles. The van der Waals surface area contributed by atoms with Crippen molar-refractivity contribution in [3.05, 3.63) is 0 Å². The highest BCUT2D eigenvalue weighted by Gasteiger charge is 2.31. The molecule has 0 radical (unpaired) electrons. The number of amides is 3. The standard InChI is InChI=1S/C16H30N4O8/c1-7(2)4-10(14(25)20-12(8(3)23)16(27)28)18-15(26)11(6-22)19-13(24)9(17)5-21/h7-12,21-23H,4-6,17H2,1-3H3,(H,18,26)(H,19,24)(H,20,25)(H,27,28). The van der Waals surface area contributed by atoms with Crippen molar-refractivity contribution in [3.8, 4) is 0 Å². The lowest BCUT2D eigenvalue weighted by molar-refractivity contribution is -0.145. The molecule has 12 heteroatoms. The van der Waals surface area contributed by atoms with Gasteiger partial charge in [-0.3, -0.25) is 14.4 Å². The summed E-state index contributed by atoms with van der Waals surface area (Å²) in [7, 11) is 0. The van der Waals surface area contributed by atoms with Crippen molar-refractivity contribution in [1.29, 1.82) is 0 Å². The van der Waals surface area contributed by atoms with E-state index in [0.717, 1.165) is 0 Å². The summed E-state index contributed by atoms with van der Waals surface area (Å²) >= 11 is 0. The molecule has 5 atom stereocenters. The smallest absolute Gasteiger partial charge is 0.328 e. The molecule has 28 heavy (non-hydrogen) atoms. The van der Waals surface area contributed by atoms with E-state index in [-0.39, 0.29) is 12.3 Å². The van der Waals surface area contributed by atoms with Crippen molar-refractivity contribution in [2.75, 3.05) is 13.2 Å². The number of rotatable bonds is 12. The van der Waals surface area contributed by atoms with Crippen molar-refractivity contribution < 1.29 is 39.6 Å². The molecular weight excluding hydrogens is 376 g/mol. The van der Waals surface area contributed by atoms with Gasteiger partial charge in [0.15, 0.2) is 6.04 Å². The Hall–Kier alpha value is -2.28. The average Bonchev–Trinajstić information content (AvgIpc) is 2.61. The molecule has 0 fully saturated rings. The highest BCUT2D eigenvalue weighted by molar-refractivity contribution is 5.94. The average molecular weight is 406 g/mol. The minimum atomic E-state index is -1.57. The molecule has 0 saturated carbocycles. The summed E-state index contributed by atoms with van der Waals surface area (Å²) < 4.78 is 0. The molecule has 0 aliphatic heterocycles. The van der Waals surface area contributed by atoms with Gasteiger partial charge in [0.1, 0.15) is 18.1 Å². The number of nitrogens with one attached hydrogen (secondary N) is 3. The lowest BCUT2D eigenvalue weighted by Crippen LogP contribution is -2.59. The minimum absolute atomic E-state index is 0.0733. The third-order valence-electron chi connectivity index (χ3n) is 3.74. The van der Waals surface area contributed by atoms with E-state index in [2.05, 4.69) is 16.0 Å². The largest absolute Gasteiger partial charge is 0.480 e. The highest BCUT2D eigenvalue weighted by Crippen LogP contribution is 2.07. The van der Waals surface area contributed by atoms with E-state index >= 15 is 0 Å². The monoisotopic (exact) mass is 406 g/mol. The minimum Gasteiger partial charge on any atom is -0.480 e. The predicted molar refractivity (Wildman–Crippen MR) is 96.7 cm³/mol. The Morgan fingerprint density at radius 3 is 1.75 bits per heavy atom. The quantitative estimate of drug-likeness (QED) is 0.160. The van der Waals surface area contributed by atoms with Gasteiger partial charge in [0.2, 0.25) is 17.7 Å². The Balaban J connectivity index is 5.24.